The molecule has 0 bridgehead atoms. The predicted octanol–water partition coefficient (Wildman–Crippen LogP) is 2.98. The van der Waals surface area contributed by atoms with Crippen LogP contribution in [0.3, 0.4) is 0 Å². The summed E-state index contributed by atoms with van der Waals surface area (Å²) in [6.07, 6.45) is 0. The van der Waals surface area contributed by atoms with Crippen LogP contribution in [0, 0.1) is 0 Å². The lowest BCUT2D eigenvalue weighted by molar-refractivity contribution is 0.483. The second kappa shape index (κ2) is 5.62. The number of benzene rings is 2. The van der Waals surface area contributed by atoms with Crippen LogP contribution in [-0.2, 0) is 15.9 Å². The van der Waals surface area contributed by atoms with E-state index >= 15 is 0 Å². The summed E-state index contributed by atoms with van der Waals surface area (Å²) in [5.41, 5.74) is 3.08. The zero-order chi connectivity index (χ0) is 16.7. The van der Waals surface area contributed by atoms with E-state index in [9.17, 15) is 8.42 Å². The molecule has 3 N–H and O–H groups in total. The summed E-state index contributed by atoms with van der Waals surface area (Å²) >= 11 is 1.46. The molecule has 2 aromatic heterocycles. The standard InChI is InChI=1S/C15H12N4O3S2/c20-24(21,22)9-5-6-12-13(7-9)19-15(18-12)23-8-14-16-10-3-1-2-4-11(10)17-14/h1-7H,8H2,(H,16,17)(H,18,19)(H,20,21,22). The fourth-order valence-corrected chi connectivity index (χ4v) is 3.66. The molecule has 0 aliphatic carbocycles. The van der Waals surface area contributed by atoms with Crippen LogP contribution in [0.25, 0.3) is 22.1 Å². The molecule has 4 aromatic rings. The van der Waals surface area contributed by atoms with Crippen molar-refractivity contribution in [1.29, 1.82) is 0 Å². The summed E-state index contributed by atoms with van der Waals surface area (Å²) in [4.78, 5) is 15.0. The van der Waals surface area contributed by atoms with Crippen LogP contribution in [0.2, 0.25) is 0 Å². The van der Waals surface area contributed by atoms with Gasteiger partial charge in [-0.15, -0.1) is 0 Å². The Bertz CT molecular complexity index is 1110. The Hall–Kier alpha value is -2.36. The van der Waals surface area contributed by atoms with Crippen LogP contribution < -0.4 is 0 Å². The summed E-state index contributed by atoms with van der Waals surface area (Å²) in [6, 6.07) is 12.1. The number of para-hydroxylation sites is 2. The molecular formula is C15H12N4O3S2. The number of hydrogen-bond acceptors (Lipinski definition) is 5. The molecule has 7 nitrogen and oxygen atoms in total. The van der Waals surface area contributed by atoms with Crippen molar-refractivity contribution in [3.63, 3.8) is 0 Å². The normalized spacial score (nSPS) is 12.2. The average Bonchev–Trinajstić information content (AvgIpc) is 3.14. The van der Waals surface area contributed by atoms with E-state index in [-0.39, 0.29) is 4.90 Å². The van der Waals surface area contributed by atoms with Crippen molar-refractivity contribution in [3.05, 3.63) is 48.3 Å². The number of rotatable bonds is 4. The van der Waals surface area contributed by atoms with E-state index in [1.807, 2.05) is 24.3 Å². The van der Waals surface area contributed by atoms with Crippen molar-refractivity contribution in [2.24, 2.45) is 0 Å². The molecule has 0 radical (unpaired) electrons. The highest BCUT2D eigenvalue weighted by Crippen LogP contribution is 2.24. The van der Waals surface area contributed by atoms with Gasteiger partial charge < -0.3 is 9.97 Å². The monoisotopic (exact) mass is 360 g/mol. The summed E-state index contributed by atoms with van der Waals surface area (Å²) in [6.45, 7) is 0. The Labute approximate surface area is 141 Å². The zero-order valence-corrected chi connectivity index (χ0v) is 13.9. The smallest absolute Gasteiger partial charge is 0.294 e. The molecule has 0 saturated carbocycles. The van der Waals surface area contributed by atoms with Crippen molar-refractivity contribution in [2.45, 2.75) is 15.8 Å². The molecule has 9 heteroatoms. The number of thioether (sulfide) groups is 1. The lowest BCUT2D eigenvalue weighted by atomic mass is 10.3. The molecule has 0 unspecified atom stereocenters. The maximum Gasteiger partial charge on any atom is 0.294 e. The van der Waals surface area contributed by atoms with Gasteiger partial charge in [0.15, 0.2) is 5.16 Å². The third-order valence-electron chi connectivity index (χ3n) is 3.51. The molecule has 24 heavy (non-hydrogen) atoms. The van der Waals surface area contributed by atoms with Gasteiger partial charge in [0.05, 0.1) is 32.7 Å². The van der Waals surface area contributed by atoms with Gasteiger partial charge in [-0.1, -0.05) is 23.9 Å². The number of H-pyrrole nitrogens is 2. The molecule has 0 aliphatic rings. The lowest BCUT2D eigenvalue weighted by Gasteiger charge is -1.94. The fourth-order valence-electron chi connectivity index (χ4n) is 2.40. The molecule has 2 aromatic carbocycles. The minimum Gasteiger partial charge on any atom is -0.341 e. The maximum atomic E-state index is 11.2. The molecule has 2 heterocycles. The number of aromatic amines is 2. The van der Waals surface area contributed by atoms with Crippen molar-refractivity contribution >= 4 is 43.9 Å². The Morgan fingerprint density at radius 1 is 1.00 bits per heavy atom. The maximum absolute atomic E-state index is 11.2. The molecule has 0 aliphatic heterocycles. The molecule has 0 spiro atoms. The second-order valence-corrected chi connectivity index (χ2v) is 7.57. The van der Waals surface area contributed by atoms with Crippen LogP contribution in [0.4, 0.5) is 0 Å². The summed E-state index contributed by atoms with van der Waals surface area (Å²) in [5, 5.41) is 0.651. The van der Waals surface area contributed by atoms with E-state index in [4.69, 9.17) is 4.55 Å². The van der Waals surface area contributed by atoms with Gasteiger partial charge in [-0.25, -0.2) is 9.97 Å². The number of hydrogen-bond donors (Lipinski definition) is 3. The van der Waals surface area contributed by atoms with Crippen LogP contribution >= 0.6 is 11.8 Å². The first kappa shape index (κ1) is 15.2. The first-order chi connectivity index (χ1) is 11.5. The quantitative estimate of drug-likeness (QED) is 0.381. The minimum absolute atomic E-state index is 0.171. The minimum atomic E-state index is -4.23. The fraction of sp³-hybridized carbons (Fsp3) is 0.0667. The predicted molar refractivity (Wildman–Crippen MR) is 91.6 cm³/mol. The van der Waals surface area contributed by atoms with Crippen molar-refractivity contribution in [1.82, 2.24) is 19.9 Å². The van der Waals surface area contributed by atoms with Crippen LogP contribution in [0.15, 0.2) is 52.5 Å². The number of fused-ring (bicyclic) bond motifs is 2. The van der Waals surface area contributed by atoms with Gasteiger partial charge in [-0.3, -0.25) is 4.55 Å². The number of nitrogens with one attached hydrogen (secondary N) is 2. The van der Waals surface area contributed by atoms with E-state index < -0.39 is 10.1 Å². The van der Waals surface area contributed by atoms with E-state index in [0.717, 1.165) is 16.9 Å². The van der Waals surface area contributed by atoms with Crippen molar-refractivity contribution < 1.29 is 13.0 Å². The van der Waals surface area contributed by atoms with Crippen molar-refractivity contribution in [3.8, 4) is 0 Å². The second-order valence-electron chi connectivity index (χ2n) is 5.19. The van der Waals surface area contributed by atoms with E-state index in [2.05, 4.69) is 19.9 Å². The highest BCUT2D eigenvalue weighted by molar-refractivity contribution is 7.98. The summed E-state index contributed by atoms with van der Waals surface area (Å²) in [5.74, 6) is 1.43. The Balaban J connectivity index is 1.58. The average molecular weight is 360 g/mol. The Morgan fingerprint density at radius 3 is 2.58 bits per heavy atom. The third-order valence-corrected chi connectivity index (χ3v) is 5.25. The molecule has 0 fully saturated rings. The van der Waals surface area contributed by atoms with Crippen molar-refractivity contribution in [2.75, 3.05) is 0 Å². The zero-order valence-electron chi connectivity index (χ0n) is 12.2. The highest BCUT2D eigenvalue weighted by atomic mass is 32.2. The molecule has 122 valence electrons. The first-order valence-corrected chi connectivity index (χ1v) is 9.45. The molecular weight excluding hydrogens is 348 g/mol. The SMILES string of the molecule is O=S(=O)(O)c1ccc2[nH]c(SCc3nc4ccccc4[nH]3)nc2c1. The molecule has 0 amide bonds. The topological polar surface area (TPSA) is 112 Å². The number of aromatic nitrogens is 4. The van der Waals surface area contributed by atoms with Gasteiger partial charge in [0.1, 0.15) is 5.82 Å². The molecule has 4 rings (SSSR count). The Kier molecular flexibility index (Phi) is 3.56. The van der Waals surface area contributed by atoms with E-state index in [1.165, 1.54) is 23.9 Å². The van der Waals surface area contributed by atoms with Crippen LogP contribution in [0.5, 0.6) is 0 Å². The highest BCUT2D eigenvalue weighted by Gasteiger charge is 2.12. The number of nitrogens with zero attached hydrogens (tertiary/aromatic N) is 2. The largest absolute Gasteiger partial charge is 0.341 e. The van der Waals surface area contributed by atoms with Gasteiger partial charge in [0.2, 0.25) is 0 Å². The van der Waals surface area contributed by atoms with E-state index in [1.54, 1.807) is 6.07 Å². The third kappa shape index (κ3) is 2.88. The number of imidazole rings is 2. The summed E-state index contributed by atoms with van der Waals surface area (Å²) in [7, 11) is -4.23. The summed E-state index contributed by atoms with van der Waals surface area (Å²) < 4.78 is 31.5. The molecule has 0 saturated heterocycles. The van der Waals surface area contributed by atoms with Gasteiger partial charge in [-0.05, 0) is 30.3 Å². The Morgan fingerprint density at radius 2 is 1.79 bits per heavy atom. The van der Waals surface area contributed by atoms with Crippen LogP contribution in [0.1, 0.15) is 5.82 Å². The van der Waals surface area contributed by atoms with Crippen LogP contribution in [-0.4, -0.2) is 32.9 Å². The lowest BCUT2D eigenvalue weighted by Crippen LogP contribution is -1.97. The first-order valence-electron chi connectivity index (χ1n) is 7.03. The van der Waals surface area contributed by atoms with Gasteiger partial charge in [-0.2, -0.15) is 8.42 Å². The molecule has 0 atom stereocenters. The van der Waals surface area contributed by atoms with E-state index in [0.29, 0.717) is 21.9 Å². The van der Waals surface area contributed by atoms with Gasteiger partial charge in [0.25, 0.3) is 10.1 Å². The van der Waals surface area contributed by atoms with Gasteiger partial charge >= 0.3 is 0 Å². The van der Waals surface area contributed by atoms with Gasteiger partial charge in [0, 0.05) is 0 Å².